The Labute approximate surface area is 176 Å². The summed E-state index contributed by atoms with van der Waals surface area (Å²) in [7, 11) is 0. The molecule has 1 aromatic rings. The maximum Gasteiger partial charge on any atom is 0.160 e. The largest absolute Gasteiger partial charge is 0.204 e. The molecule has 2 saturated carbocycles. The number of benzene rings is 1. The number of allylic oxidation sites excluding steroid dienone is 2. The van der Waals surface area contributed by atoms with Crippen molar-refractivity contribution in [1.29, 1.82) is 0 Å². The highest BCUT2D eigenvalue weighted by atomic mass is 19.2. The van der Waals surface area contributed by atoms with Crippen molar-refractivity contribution in [3.63, 3.8) is 0 Å². The van der Waals surface area contributed by atoms with Gasteiger partial charge in [0.15, 0.2) is 11.6 Å². The van der Waals surface area contributed by atoms with Gasteiger partial charge in [-0.25, -0.2) is 8.78 Å². The highest BCUT2D eigenvalue weighted by Crippen LogP contribution is 2.42. The number of rotatable bonds is 6. The predicted octanol–water partition coefficient (Wildman–Crippen LogP) is 8.07. The van der Waals surface area contributed by atoms with Crippen molar-refractivity contribution in [2.75, 3.05) is 0 Å². The van der Waals surface area contributed by atoms with E-state index in [1.807, 2.05) is 6.08 Å². The van der Waals surface area contributed by atoms with E-state index in [4.69, 9.17) is 0 Å². The van der Waals surface area contributed by atoms with Crippen molar-refractivity contribution in [3.8, 4) is 11.8 Å². The molecule has 0 radical (unpaired) electrons. The second-order valence-corrected chi connectivity index (χ2v) is 9.21. The zero-order valence-electron chi connectivity index (χ0n) is 17.9. The summed E-state index contributed by atoms with van der Waals surface area (Å²) in [5.41, 5.74) is 0.516. The van der Waals surface area contributed by atoms with E-state index < -0.39 is 11.6 Å². The molecule has 0 amide bonds. The van der Waals surface area contributed by atoms with Crippen molar-refractivity contribution in [2.45, 2.75) is 84.0 Å². The molecule has 2 fully saturated rings. The lowest BCUT2D eigenvalue weighted by Gasteiger charge is -2.37. The lowest BCUT2D eigenvalue weighted by Crippen LogP contribution is -2.25. The molecule has 2 aliphatic rings. The summed E-state index contributed by atoms with van der Waals surface area (Å²) in [6, 6.07) is 3.80. The summed E-state index contributed by atoms with van der Waals surface area (Å²) in [5.74, 6) is 7.73. The predicted molar refractivity (Wildman–Crippen MR) is 117 cm³/mol. The molecular formula is C27H36F2. The van der Waals surface area contributed by atoms with Crippen LogP contribution in [-0.4, -0.2) is 0 Å². The van der Waals surface area contributed by atoms with Crippen LogP contribution in [0.2, 0.25) is 0 Å². The monoisotopic (exact) mass is 398 g/mol. The zero-order valence-corrected chi connectivity index (χ0v) is 17.9. The van der Waals surface area contributed by atoms with Gasteiger partial charge in [0.25, 0.3) is 0 Å². The Balaban J connectivity index is 1.37. The van der Waals surface area contributed by atoms with E-state index in [1.165, 1.54) is 83.1 Å². The SMILES string of the molecule is CCCCC[C@H]1CC[C@H](C2CCC(/C=C/C#Cc3ccc(F)c(F)c3)CC2)CC1. The molecule has 158 valence electrons. The van der Waals surface area contributed by atoms with Crippen LogP contribution >= 0.6 is 0 Å². The first-order valence-electron chi connectivity index (χ1n) is 11.8. The third-order valence-corrected chi connectivity index (χ3v) is 7.18. The molecule has 0 spiro atoms. The minimum absolute atomic E-state index is 0.516. The van der Waals surface area contributed by atoms with E-state index in [9.17, 15) is 8.78 Å². The van der Waals surface area contributed by atoms with Gasteiger partial charge in [0.05, 0.1) is 0 Å². The van der Waals surface area contributed by atoms with Crippen molar-refractivity contribution in [2.24, 2.45) is 23.7 Å². The summed E-state index contributed by atoms with van der Waals surface area (Å²) < 4.78 is 26.1. The Hall–Kier alpha value is -1.62. The third kappa shape index (κ3) is 6.98. The molecule has 0 N–H and O–H groups in total. The molecule has 2 aliphatic carbocycles. The van der Waals surface area contributed by atoms with Crippen molar-refractivity contribution in [1.82, 2.24) is 0 Å². The normalized spacial score (nSPS) is 27.6. The fraction of sp³-hybridized carbons (Fsp3) is 0.630. The van der Waals surface area contributed by atoms with E-state index in [1.54, 1.807) is 0 Å². The number of hydrogen-bond donors (Lipinski definition) is 0. The summed E-state index contributed by atoms with van der Waals surface area (Å²) >= 11 is 0. The van der Waals surface area contributed by atoms with Gasteiger partial charge >= 0.3 is 0 Å². The maximum absolute atomic E-state index is 13.2. The molecule has 0 aromatic heterocycles. The molecule has 0 heterocycles. The van der Waals surface area contributed by atoms with Crippen molar-refractivity contribution in [3.05, 3.63) is 47.5 Å². The molecule has 0 unspecified atom stereocenters. The number of hydrogen-bond acceptors (Lipinski definition) is 0. The molecule has 1 aromatic carbocycles. The van der Waals surface area contributed by atoms with E-state index >= 15 is 0 Å². The quantitative estimate of drug-likeness (QED) is 0.336. The van der Waals surface area contributed by atoms with E-state index in [2.05, 4.69) is 24.8 Å². The van der Waals surface area contributed by atoms with Gasteiger partial charge in [0.1, 0.15) is 0 Å². The molecule has 0 aliphatic heterocycles. The minimum Gasteiger partial charge on any atom is -0.204 e. The van der Waals surface area contributed by atoms with Crippen LogP contribution in [0.15, 0.2) is 30.4 Å². The Bertz CT molecular complexity index is 708. The fourth-order valence-electron chi connectivity index (χ4n) is 5.32. The average molecular weight is 399 g/mol. The summed E-state index contributed by atoms with van der Waals surface area (Å²) in [6.07, 6.45) is 20.9. The standard InChI is InChI=1S/C27H36F2/c1-2-3-4-7-21-10-15-24(16-11-21)25-17-12-22(13-18-25)8-5-6-9-23-14-19-26(28)27(29)20-23/h5,8,14,19-22,24-25H,2-4,7,10-13,15-18H2,1H3/b8-5+/t21-,22?,24-,25?. The summed E-state index contributed by atoms with van der Waals surface area (Å²) in [4.78, 5) is 0. The van der Waals surface area contributed by atoms with Crippen LogP contribution in [0.25, 0.3) is 0 Å². The van der Waals surface area contributed by atoms with Gasteiger partial charge in [0, 0.05) is 5.56 Å². The Morgan fingerprint density at radius 1 is 0.897 bits per heavy atom. The Morgan fingerprint density at radius 2 is 1.59 bits per heavy atom. The third-order valence-electron chi connectivity index (χ3n) is 7.18. The molecule has 0 nitrogen and oxygen atoms in total. The molecule has 29 heavy (non-hydrogen) atoms. The molecule has 0 bridgehead atoms. The molecule has 3 rings (SSSR count). The maximum atomic E-state index is 13.2. The van der Waals surface area contributed by atoms with Crippen LogP contribution in [0, 0.1) is 47.1 Å². The van der Waals surface area contributed by atoms with E-state index in [0.717, 1.165) is 29.9 Å². The lowest BCUT2D eigenvalue weighted by molar-refractivity contribution is 0.151. The second-order valence-electron chi connectivity index (χ2n) is 9.21. The Morgan fingerprint density at radius 3 is 2.24 bits per heavy atom. The molecule has 0 saturated heterocycles. The van der Waals surface area contributed by atoms with Crippen LogP contribution < -0.4 is 0 Å². The first-order chi connectivity index (χ1) is 14.2. The molecule has 2 heteroatoms. The minimum atomic E-state index is -0.839. The van der Waals surface area contributed by atoms with Gasteiger partial charge < -0.3 is 0 Å². The van der Waals surface area contributed by atoms with Gasteiger partial charge in [-0.1, -0.05) is 63.4 Å². The van der Waals surface area contributed by atoms with Crippen LogP contribution in [0.3, 0.4) is 0 Å². The number of unbranched alkanes of at least 4 members (excludes halogenated alkanes) is 2. The van der Waals surface area contributed by atoms with Crippen molar-refractivity contribution >= 4 is 0 Å². The van der Waals surface area contributed by atoms with Gasteiger partial charge in [-0.2, -0.15) is 0 Å². The zero-order chi connectivity index (χ0) is 20.5. The average Bonchev–Trinajstić information content (AvgIpc) is 2.75. The molecule has 0 atom stereocenters. The van der Waals surface area contributed by atoms with Crippen molar-refractivity contribution < 1.29 is 8.78 Å². The first-order valence-corrected chi connectivity index (χ1v) is 11.8. The van der Waals surface area contributed by atoms with Gasteiger partial charge in [-0.15, -0.1) is 0 Å². The lowest BCUT2D eigenvalue weighted by atomic mass is 9.68. The second kappa shape index (κ2) is 11.5. The summed E-state index contributed by atoms with van der Waals surface area (Å²) in [6.45, 7) is 2.29. The van der Waals surface area contributed by atoms with E-state index in [0.29, 0.717) is 11.5 Å². The van der Waals surface area contributed by atoms with Gasteiger partial charge in [-0.3, -0.25) is 0 Å². The van der Waals surface area contributed by atoms with Gasteiger partial charge in [-0.05, 0) is 86.5 Å². The van der Waals surface area contributed by atoms with Crippen LogP contribution in [0.5, 0.6) is 0 Å². The van der Waals surface area contributed by atoms with Crippen LogP contribution in [0.1, 0.15) is 89.5 Å². The van der Waals surface area contributed by atoms with E-state index in [-0.39, 0.29) is 0 Å². The fourth-order valence-corrected chi connectivity index (χ4v) is 5.32. The van der Waals surface area contributed by atoms with Gasteiger partial charge in [0.2, 0.25) is 0 Å². The highest BCUT2D eigenvalue weighted by molar-refractivity contribution is 5.37. The topological polar surface area (TPSA) is 0 Å². The molecular weight excluding hydrogens is 362 g/mol. The first kappa shape index (κ1) is 22.1. The Kier molecular flexibility index (Phi) is 8.78. The smallest absolute Gasteiger partial charge is 0.160 e. The number of halogens is 2. The van der Waals surface area contributed by atoms with Crippen LogP contribution in [-0.2, 0) is 0 Å². The summed E-state index contributed by atoms with van der Waals surface area (Å²) in [5, 5.41) is 0. The van der Waals surface area contributed by atoms with Crippen LogP contribution in [0.4, 0.5) is 8.78 Å². The highest BCUT2D eigenvalue weighted by Gasteiger charge is 2.30.